The molecule has 1 saturated heterocycles. The maximum Gasteiger partial charge on any atom is 0.166 e. The molecule has 202 valence electrons. The number of aryl methyl sites for hydroxylation is 1. The molecule has 1 fully saturated rings. The normalized spacial score (nSPS) is 29.2. The highest BCUT2D eigenvalue weighted by molar-refractivity contribution is 6.09. The molecule has 0 amide bonds. The first-order valence-electron chi connectivity index (χ1n) is 14.6. The molecule has 3 aromatic carbocycles. The first kappa shape index (κ1) is 23.1. The Labute approximate surface area is 233 Å². The third-order valence-corrected chi connectivity index (χ3v) is 10.8. The number of aliphatic hydroxyl groups is 1. The van der Waals surface area contributed by atoms with Crippen LogP contribution in [0, 0.1) is 0 Å². The molecule has 1 spiro atoms. The van der Waals surface area contributed by atoms with Crippen LogP contribution in [0.4, 0.5) is 0 Å². The summed E-state index contributed by atoms with van der Waals surface area (Å²) in [7, 11) is 1.70. The van der Waals surface area contributed by atoms with E-state index in [0.717, 1.165) is 77.1 Å². The molecule has 0 unspecified atom stereocenters. The van der Waals surface area contributed by atoms with Crippen molar-refractivity contribution in [1.82, 2.24) is 9.47 Å². The number of piperidine rings is 1. The second-order valence-electron chi connectivity index (χ2n) is 12.3. The van der Waals surface area contributed by atoms with Gasteiger partial charge >= 0.3 is 0 Å². The molecule has 6 heteroatoms. The largest absolute Gasteiger partial charge is 0.493 e. The van der Waals surface area contributed by atoms with Gasteiger partial charge in [-0.25, -0.2) is 0 Å². The van der Waals surface area contributed by atoms with Gasteiger partial charge in [0.05, 0.1) is 29.3 Å². The van der Waals surface area contributed by atoms with Crippen LogP contribution in [0.1, 0.15) is 57.3 Å². The van der Waals surface area contributed by atoms with E-state index in [0.29, 0.717) is 19.4 Å². The van der Waals surface area contributed by atoms with Crippen molar-refractivity contribution in [1.29, 1.82) is 0 Å². The highest BCUT2D eigenvalue weighted by atomic mass is 16.5. The Morgan fingerprint density at radius 2 is 1.95 bits per heavy atom. The van der Waals surface area contributed by atoms with Gasteiger partial charge in [0.1, 0.15) is 0 Å². The zero-order valence-electron chi connectivity index (χ0n) is 22.7. The molecule has 1 N–H and O–H groups in total. The summed E-state index contributed by atoms with van der Waals surface area (Å²) in [5.74, 6) is 1.74. The Morgan fingerprint density at radius 3 is 2.80 bits per heavy atom. The second kappa shape index (κ2) is 7.77. The lowest BCUT2D eigenvalue weighted by Crippen LogP contribution is -2.74. The molecule has 3 aliphatic heterocycles. The average molecular weight is 533 g/mol. The Kier molecular flexibility index (Phi) is 4.49. The molecule has 4 atom stereocenters. The first-order valence-corrected chi connectivity index (χ1v) is 14.6. The summed E-state index contributed by atoms with van der Waals surface area (Å²) in [4.78, 5) is 15.5. The molecular weight excluding hydrogens is 500 g/mol. The Balaban J connectivity index is 1.27. The number of methoxy groups -OCH3 is 1. The van der Waals surface area contributed by atoms with Gasteiger partial charge < -0.3 is 19.1 Å². The molecule has 2 aliphatic carbocycles. The van der Waals surface area contributed by atoms with E-state index in [2.05, 4.69) is 51.9 Å². The summed E-state index contributed by atoms with van der Waals surface area (Å²) in [5.41, 5.74) is 6.32. The van der Waals surface area contributed by atoms with Gasteiger partial charge in [-0.1, -0.05) is 48.5 Å². The molecule has 0 radical (unpaired) electrons. The van der Waals surface area contributed by atoms with Crippen molar-refractivity contribution < 1.29 is 19.4 Å². The summed E-state index contributed by atoms with van der Waals surface area (Å²) in [6, 6.07) is 21.0. The molecule has 6 nitrogen and oxygen atoms in total. The van der Waals surface area contributed by atoms with Gasteiger partial charge in [0.2, 0.25) is 0 Å². The van der Waals surface area contributed by atoms with E-state index in [1.54, 1.807) is 7.11 Å². The smallest absolute Gasteiger partial charge is 0.166 e. The number of aromatic nitrogens is 1. The molecule has 1 aromatic heterocycles. The van der Waals surface area contributed by atoms with E-state index in [1.165, 1.54) is 11.1 Å². The maximum atomic E-state index is 13.2. The lowest BCUT2D eigenvalue weighted by atomic mass is 9.49. The van der Waals surface area contributed by atoms with E-state index < -0.39 is 11.0 Å². The fraction of sp³-hybridized carbons (Fsp3) is 0.382. The standard InChI is InChI=1S/C34H32N2O4/c1-39-26-11-10-21-18-27-34(38)19-24-22-8-5-9-23-25(37)13-16-36(29(22)23)30(24)32-33(34,28(21)31(26)40-32)14-17-35(27)15-12-20-6-3-2-4-7-20/h2-11,27,32,38H,12-19H2,1H3/t27-,32+,33-,34+/m0/s1. The SMILES string of the molecule is COc1ccc2c3c1O[C@@H]1c4c(c5cccc6c5n4CCC6=O)C[C@@]4(O)[C@H](C2)N(CCc2ccccc2)CC[C@]314. The monoisotopic (exact) mass is 532 g/mol. The number of hydrogen-bond donors (Lipinski definition) is 1. The number of fused-ring (bicyclic) bond motifs is 4. The van der Waals surface area contributed by atoms with Gasteiger partial charge in [0.25, 0.3) is 0 Å². The summed E-state index contributed by atoms with van der Waals surface area (Å²) in [6.07, 6.45) is 3.29. The van der Waals surface area contributed by atoms with E-state index in [-0.39, 0.29) is 17.9 Å². The molecule has 5 aliphatic rings. The Morgan fingerprint density at radius 1 is 1.07 bits per heavy atom. The third-order valence-electron chi connectivity index (χ3n) is 10.8. The molecule has 40 heavy (non-hydrogen) atoms. The molecule has 4 aromatic rings. The minimum Gasteiger partial charge on any atom is -0.493 e. The molecule has 2 bridgehead atoms. The molecular formula is C34H32N2O4. The van der Waals surface area contributed by atoms with Crippen molar-refractivity contribution in [3.63, 3.8) is 0 Å². The van der Waals surface area contributed by atoms with Gasteiger partial charge in [-0.05, 0) is 54.6 Å². The van der Waals surface area contributed by atoms with Gasteiger partial charge in [-0.2, -0.15) is 0 Å². The van der Waals surface area contributed by atoms with E-state index in [1.807, 2.05) is 18.2 Å². The Bertz CT molecular complexity index is 1740. The van der Waals surface area contributed by atoms with Crippen molar-refractivity contribution >= 4 is 16.7 Å². The van der Waals surface area contributed by atoms with Crippen molar-refractivity contribution in [2.45, 2.75) is 61.8 Å². The van der Waals surface area contributed by atoms with Crippen molar-refractivity contribution in [3.8, 4) is 11.5 Å². The molecule has 0 saturated carbocycles. The second-order valence-corrected chi connectivity index (χ2v) is 12.3. The van der Waals surface area contributed by atoms with E-state index in [4.69, 9.17) is 9.47 Å². The van der Waals surface area contributed by atoms with Gasteiger partial charge in [-0.15, -0.1) is 0 Å². The lowest BCUT2D eigenvalue weighted by Gasteiger charge is -2.63. The van der Waals surface area contributed by atoms with Crippen molar-refractivity contribution in [2.75, 3.05) is 20.2 Å². The number of hydrogen-bond acceptors (Lipinski definition) is 5. The van der Waals surface area contributed by atoms with E-state index in [9.17, 15) is 9.90 Å². The number of benzene rings is 3. The summed E-state index contributed by atoms with van der Waals surface area (Å²) >= 11 is 0. The van der Waals surface area contributed by atoms with Crippen LogP contribution >= 0.6 is 0 Å². The quantitative estimate of drug-likeness (QED) is 0.410. The van der Waals surface area contributed by atoms with Crippen LogP contribution in [-0.4, -0.2) is 52.2 Å². The predicted molar refractivity (Wildman–Crippen MR) is 151 cm³/mol. The van der Waals surface area contributed by atoms with Crippen molar-refractivity contribution in [2.24, 2.45) is 0 Å². The lowest BCUT2D eigenvalue weighted by molar-refractivity contribution is -0.172. The summed E-state index contributed by atoms with van der Waals surface area (Å²) in [5, 5.41) is 14.3. The fourth-order valence-corrected chi connectivity index (χ4v) is 9.20. The predicted octanol–water partition coefficient (Wildman–Crippen LogP) is 4.77. The molecule has 9 rings (SSSR count). The van der Waals surface area contributed by atoms with Crippen LogP contribution in [0.3, 0.4) is 0 Å². The third kappa shape index (κ3) is 2.60. The van der Waals surface area contributed by atoms with Gasteiger partial charge in [0.15, 0.2) is 23.4 Å². The highest BCUT2D eigenvalue weighted by Gasteiger charge is 2.73. The number of para-hydroxylation sites is 1. The van der Waals surface area contributed by atoms with Crippen LogP contribution < -0.4 is 9.47 Å². The highest BCUT2D eigenvalue weighted by Crippen LogP contribution is 2.69. The fourth-order valence-electron chi connectivity index (χ4n) is 9.20. The van der Waals surface area contributed by atoms with Crippen LogP contribution in [0.2, 0.25) is 0 Å². The number of carbonyl (C=O) groups excluding carboxylic acids is 1. The van der Waals surface area contributed by atoms with Crippen LogP contribution in [0.5, 0.6) is 11.5 Å². The van der Waals surface area contributed by atoms with Crippen LogP contribution in [0.15, 0.2) is 60.7 Å². The van der Waals surface area contributed by atoms with Crippen LogP contribution in [-0.2, 0) is 31.2 Å². The van der Waals surface area contributed by atoms with Gasteiger partial charge in [-0.3, -0.25) is 9.69 Å². The zero-order chi connectivity index (χ0) is 26.8. The maximum absolute atomic E-state index is 13.2. The number of nitrogens with zero attached hydrogens (tertiary/aromatic N) is 2. The first-order chi connectivity index (χ1) is 19.5. The minimum absolute atomic E-state index is 0.0237. The summed E-state index contributed by atoms with van der Waals surface area (Å²) < 4.78 is 15.2. The van der Waals surface area contributed by atoms with Crippen molar-refractivity contribution in [3.05, 3.63) is 94.2 Å². The number of rotatable bonds is 4. The summed E-state index contributed by atoms with van der Waals surface area (Å²) in [6.45, 7) is 2.47. The number of ketones is 1. The number of ether oxygens (including phenoxy) is 2. The number of likely N-dealkylation sites (tertiary alicyclic amines) is 1. The number of carbonyl (C=O) groups is 1. The molecule has 4 heterocycles. The van der Waals surface area contributed by atoms with Gasteiger partial charge in [0, 0.05) is 48.5 Å². The van der Waals surface area contributed by atoms with E-state index >= 15 is 0 Å². The topological polar surface area (TPSA) is 63.9 Å². The zero-order valence-corrected chi connectivity index (χ0v) is 22.7. The minimum atomic E-state index is -1.00. The average Bonchev–Trinajstić information content (AvgIpc) is 3.48. The van der Waals surface area contributed by atoms with Crippen LogP contribution in [0.25, 0.3) is 10.9 Å². The Hall–Kier alpha value is -3.61. The number of Topliss-reactive ketones (excluding diaryl/α,β-unsaturated/α-hetero) is 1.